The number of hydrogen-bond donors (Lipinski definition) is 1. The molecule has 0 atom stereocenters. The molecule has 5 nitrogen and oxygen atoms in total. The number of thioether (sulfide) groups is 1. The van der Waals surface area contributed by atoms with Gasteiger partial charge in [-0.1, -0.05) is 11.8 Å². The van der Waals surface area contributed by atoms with E-state index < -0.39 is 5.97 Å². The minimum atomic E-state index is -0.910. The third-order valence-corrected chi connectivity index (χ3v) is 3.53. The van der Waals surface area contributed by atoms with Crippen LogP contribution in [0.25, 0.3) is 0 Å². The van der Waals surface area contributed by atoms with Crippen molar-refractivity contribution in [3.05, 3.63) is 11.1 Å². The maximum Gasteiger partial charge on any atom is 0.316 e. The van der Waals surface area contributed by atoms with E-state index in [1.165, 1.54) is 23.1 Å². The first-order chi connectivity index (χ1) is 7.61. The third kappa shape index (κ3) is 4.63. The predicted octanol–water partition coefficient (Wildman–Crippen LogP) is 1.43. The second kappa shape index (κ2) is 6.49. The smallest absolute Gasteiger partial charge is 0.316 e. The summed E-state index contributed by atoms with van der Waals surface area (Å²) in [5.74, 6) is -0.997. The molecule has 0 saturated heterocycles. The van der Waals surface area contributed by atoms with Gasteiger partial charge < -0.3 is 9.84 Å². The van der Waals surface area contributed by atoms with Gasteiger partial charge in [-0.05, 0) is 6.92 Å². The van der Waals surface area contributed by atoms with Crippen LogP contribution in [0.2, 0.25) is 0 Å². The van der Waals surface area contributed by atoms with Crippen LogP contribution in [0, 0.1) is 0 Å². The Labute approximate surface area is 101 Å². The lowest BCUT2D eigenvalue weighted by molar-refractivity contribution is -0.140. The largest absolute Gasteiger partial charge is 0.481 e. The molecule has 0 unspecified atom stereocenters. The van der Waals surface area contributed by atoms with Crippen molar-refractivity contribution in [2.45, 2.75) is 17.7 Å². The van der Waals surface area contributed by atoms with Gasteiger partial charge in [0, 0.05) is 5.38 Å². The number of ether oxygens (including phenoxy) is 1. The number of carboxylic acid groups (broad SMARTS) is 1. The van der Waals surface area contributed by atoms with Crippen LogP contribution in [0.1, 0.15) is 12.6 Å². The van der Waals surface area contributed by atoms with Crippen molar-refractivity contribution < 1.29 is 19.4 Å². The van der Waals surface area contributed by atoms with E-state index in [2.05, 4.69) is 4.98 Å². The average molecular weight is 261 g/mol. The van der Waals surface area contributed by atoms with Crippen LogP contribution in [0.15, 0.2) is 9.72 Å². The van der Waals surface area contributed by atoms with Gasteiger partial charge in [0.25, 0.3) is 0 Å². The summed E-state index contributed by atoms with van der Waals surface area (Å²) in [5, 5.41) is 10.2. The van der Waals surface area contributed by atoms with Crippen LogP contribution in [-0.4, -0.2) is 34.4 Å². The molecule has 7 heteroatoms. The molecule has 16 heavy (non-hydrogen) atoms. The number of esters is 1. The summed E-state index contributed by atoms with van der Waals surface area (Å²) >= 11 is 2.59. The number of carbonyl (C=O) groups is 2. The Kier molecular flexibility index (Phi) is 5.27. The number of aliphatic carboxylic acids is 1. The van der Waals surface area contributed by atoms with E-state index in [0.29, 0.717) is 16.6 Å². The molecule has 0 radical (unpaired) electrons. The maximum absolute atomic E-state index is 11.0. The topological polar surface area (TPSA) is 76.5 Å². The minimum Gasteiger partial charge on any atom is -0.481 e. The quantitative estimate of drug-likeness (QED) is 0.616. The number of carboxylic acids is 1. The average Bonchev–Trinajstić information content (AvgIpc) is 2.62. The fourth-order valence-electron chi connectivity index (χ4n) is 0.914. The molecule has 0 saturated carbocycles. The number of rotatable bonds is 6. The van der Waals surface area contributed by atoms with E-state index in [1.807, 2.05) is 0 Å². The first-order valence-corrected chi connectivity index (χ1v) is 6.43. The SMILES string of the molecule is CCOC(=O)CSc1nc(CC(=O)O)cs1. The van der Waals surface area contributed by atoms with Gasteiger partial charge in [0.1, 0.15) is 0 Å². The van der Waals surface area contributed by atoms with Crippen molar-refractivity contribution in [1.82, 2.24) is 4.98 Å². The summed E-state index contributed by atoms with van der Waals surface area (Å²) in [4.78, 5) is 25.5. The first kappa shape index (κ1) is 13.0. The van der Waals surface area contributed by atoms with Crippen LogP contribution in [-0.2, 0) is 20.7 Å². The predicted molar refractivity (Wildman–Crippen MR) is 60.8 cm³/mol. The molecule has 88 valence electrons. The fourth-order valence-corrected chi connectivity index (χ4v) is 2.56. The number of aromatic nitrogens is 1. The van der Waals surface area contributed by atoms with E-state index in [4.69, 9.17) is 9.84 Å². The van der Waals surface area contributed by atoms with Crippen LogP contribution < -0.4 is 0 Å². The van der Waals surface area contributed by atoms with Crippen molar-refractivity contribution >= 4 is 35.0 Å². The van der Waals surface area contributed by atoms with Gasteiger partial charge in [0.2, 0.25) is 0 Å². The van der Waals surface area contributed by atoms with Crippen molar-refractivity contribution in [1.29, 1.82) is 0 Å². The van der Waals surface area contributed by atoms with Crippen LogP contribution in [0.3, 0.4) is 0 Å². The summed E-state index contributed by atoms with van der Waals surface area (Å²) in [7, 11) is 0. The molecule has 0 aliphatic heterocycles. The highest BCUT2D eigenvalue weighted by Crippen LogP contribution is 2.22. The molecule has 1 rings (SSSR count). The third-order valence-electron chi connectivity index (χ3n) is 1.48. The molecule has 1 aromatic rings. The lowest BCUT2D eigenvalue weighted by Crippen LogP contribution is -2.06. The van der Waals surface area contributed by atoms with Crippen LogP contribution in [0.5, 0.6) is 0 Å². The summed E-state index contributed by atoms with van der Waals surface area (Å²) in [6.45, 7) is 2.11. The normalized spacial score (nSPS) is 10.1. The van der Waals surface area contributed by atoms with E-state index in [0.717, 1.165) is 0 Å². The number of thiazole rings is 1. The zero-order valence-corrected chi connectivity index (χ0v) is 10.3. The monoisotopic (exact) mass is 261 g/mol. The van der Waals surface area contributed by atoms with Crippen molar-refractivity contribution in [2.24, 2.45) is 0 Å². The molecule has 0 amide bonds. The second-order valence-corrected chi connectivity index (χ2v) is 4.85. The molecule has 0 bridgehead atoms. The van der Waals surface area contributed by atoms with Crippen LogP contribution >= 0.6 is 23.1 Å². The lowest BCUT2D eigenvalue weighted by Gasteiger charge is -1.98. The summed E-state index contributed by atoms with van der Waals surface area (Å²) in [6.07, 6.45) is -0.0868. The molecule has 1 N–H and O–H groups in total. The Morgan fingerprint density at radius 1 is 1.62 bits per heavy atom. The van der Waals surface area contributed by atoms with E-state index >= 15 is 0 Å². The van der Waals surface area contributed by atoms with Gasteiger partial charge in [-0.15, -0.1) is 11.3 Å². The molecular weight excluding hydrogens is 250 g/mol. The van der Waals surface area contributed by atoms with Crippen molar-refractivity contribution in [3.8, 4) is 0 Å². The Morgan fingerprint density at radius 2 is 2.38 bits per heavy atom. The van der Waals surface area contributed by atoms with Crippen molar-refractivity contribution in [3.63, 3.8) is 0 Å². The summed E-state index contributed by atoms with van der Waals surface area (Å²) < 4.78 is 5.44. The molecule has 0 aromatic carbocycles. The number of carbonyl (C=O) groups excluding carboxylic acids is 1. The zero-order valence-electron chi connectivity index (χ0n) is 8.63. The summed E-state index contributed by atoms with van der Waals surface area (Å²) in [5.41, 5.74) is 0.517. The first-order valence-electron chi connectivity index (χ1n) is 4.56. The zero-order chi connectivity index (χ0) is 12.0. The van der Waals surface area contributed by atoms with Gasteiger partial charge in [-0.25, -0.2) is 4.98 Å². The molecule has 0 aliphatic carbocycles. The maximum atomic E-state index is 11.0. The molecule has 1 heterocycles. The molecule has 0 aliphatic rings. The van der Waals surface area contributed by atoms with Gasteiger partial charge >= 0.3 is 11.9 Å². The van der Waals surface area contributed by atoms with E-state index in [9.17, 15) is 9.59 Å². The Morgan fingerprint density at radius 3 is 3.00 bits per heavy atom. The molecule has 0 spiro atoms. The fraction of sp³-hybridized carbons (Fsp3) is 0.444. The Balaban J connectivity index is 2.40. The number of hydrogen-bond acceptors (Lipinski definition) is 6. The van der Waals surface area contributed by atoms with Gasteiger partial charge in [-0.3, -0.25) is 9.59 Å². The van der Waals surface area contributed by atoms with Crippen LogP contribution in [0.4, 0.5) is 0 Å². The van der Waals surface area contributed by atoms with Gasteiger partial charge in [0.05, 0.1) is 24.5 Å². The molecule has 1 aromatic heterocycles. The van der Waals surface area contributed by atoms with Gasteiger partial charge in [-0.2, -0.15) is 0 Å². The highest BCUT2D eigenvalue weighted by Gasteiger charge is 2.09. The minimum absolute atomic E-state index is 0.0868. The van der Waals surface area contributed by atoms with Gasteiger partial charge in [0.15, 0.2) is 4.34 Å². The Bertz CT molecular complexity index is 377. The van der Waals surface area contributed by atoms with E-state index in [1.54, 1.807) is 12.3 Å². The number of nitrogens with zero attached hydrogens (tertiary/aromatic N) is 1. The standard InChI is InChI=1S/C9H11NO4S2/c1-2-14-8(13)5-16-9-10-6(4-15-9)3-7(11)12/h4H,2-3,5H2,1H3,(H,11,12). The van der Waals surface area contributed by atoms with E-state index in [-0.39, 0.29) is 18.1 Å². The van der Waals surface area contributed by atoms with Crippen molar-refractivity contribution in [2.75, 3.05) is 12.4 Å². The Hall–Kier alpha value is -1.08. The summed E-state index contributed by atoms with van der Waals surface area (Å²) in [6, 6.07) is 0. The second-order valence-electron chi connectivity index (χ2n) is 2.77. The lowest BCUT2D eigenvalue weighted by atomic mass is 10.3. The highest BCUT2D eigenvalue weighted by molar-refractivity contribution is 8.01. The molecule has 0 fully saturated rings. The highest BCUT2D eigenvalue weighted by atomic mass is 32.2. The molecular formula is C9H11NO4S2.